The molecule has 0 unspecified atom stereocenters. The number of fused-ring (bicyclic) bond motifs is 1. The molecule has 0 aliphatic rings. The second-order valence-electron chi connectivity index (χ2n) is 6.20. The van der Waals surface area contributed by atoms with Crippen LogP contribution in [0.25, 0.3) is 11.0 Å². The van der Waals surface area contributed by atoms with Gasteiger partial charge in [0.1, 0.15) is 11.4 Å². The number of carbonyl (C=O) groups is 1. The summed E-state index contributed by atoms with van der Waals surface area (Å²) < 4.78 is 35.2. The number of H-pyrrole nitrogens is 1. The molecule has 7 nitrogen and oxygen atoms in total. The maximum Gasteiger partial charge on any atom is 0.319 e. The molecule has 10 heteroatoms. The number of rotatable bonds is 5. The minimum Gasteiger partial charge on any atom is -0.450 e. The molecule has 0 radical (unpaired) electrons. The van der Waals surface area contributed by atoms with Gasteiger partial charge < -0.3 is 20.4 Å². The summed E-state index contributed by atoms with van der Waals surface area (Å²) >= 11 is 3.34. The number of amides is 2. The average Bonchev–Trinajstić information content (AvgIpc) is 3.12. The topological polar surface area (TPSA) is 91.9 Å². The molecule has 4 aromatic rings. The number of benzene rings is 1. The van der Waals surface area contributed by atoms with E-state index in [1.165, 1.54) is 12.3 Å². The van der Waals surface area contributed by atoms with Crippen LogP contribution >= 0.6 is 15.9 Å². The van der Waals surface area contributed by atoms with E-state index in [0.29, 0.717) is 15.5 Å². The van der Waals surface area contributed by atoms with Crippen molar-refractivity contribution in [3.05, 3.63) is 76.8 Å². The third-order valence-corrected chi connectivity index (χ3v) is 4.78. The lowest BCUT2D eigenvalue weighted by Crippen LogP contribution is -2.28. The number of carbonyl (C=O) groups excluding carboxylic acids is 1. The van der Waals surface area contributed by atoms with Crippen LogP contribution < -0.4 is 15.4 Å². The summed E-state index contributed by atoms with van der Waals surface area (Å²) in [6.45, 7) is 0.240. The van der Waals surface area contributed by atoms with Crippen molar-refractivity contribution in [3.63, 3.8) is 0 Å². The van der Waals surface area contributed by atoms with Gasteiger partial charge in [-0.15, -0.1) is 0 Å². The fourth-order valence-electron chi connectivity index (χ4n) is 2.77. The number of pyridine rings is 2. The number of halogens is 3. The van der Waals surface area contributed by atoms with Gasteiger partial charge in [-0.3, -0.25) is 4.98 Å². The number of ether oxygens (including phenoxy) is 1. The van der Waals surface area contributed by atoms with Crippen molar-refractivity contribution in [2.24, 2.45) is 0 Å². The second-order valence-corrected chi connectivity index (χ2v) is 7.06. The van der Waals surface area contributed by atoms with Crippen molar-refractivity contribution in [2.75, 3.05) is 5.32 Å². The average molecular weight is 474 g/mol. The van der Waals surface area contributed by atoms with E-state index in [2.05, 4.69) is 41.5 Å². The van der Waals surface area contributed by atoms with Crippen LogP contribution in [0.5, 0.6) is 11.5 Å². The van der Waals surface area contributed by atoms with Crippen LogP contribution in [0.2, 0.25) is 0 Å². The Morgan fingerprint density at radius 1 is 1.13 bits per heavy atom. The summed E-state index contributed by atoms with van der Waals surface area (Å²) in [5.74, 6) is -2.29. The number of hydrogen-bond donors (Lipinski definition) is 3. The van der Waals surface area contributed by atoms with E-state index < -0.39 is 23.4 Å². The van der Waals surface area contributed by atoms with Crippen molar-refractivity contribution < 1.29 is 18.3 Å². The monoisotopic (exact) mass is 473 g/mol. The molecular formula is C20H14BrF2N5O2. The molecule has 152 valence electrons. The van der Waals surface area contributed by atoms with E-state index in [-0.39, 0.29) is 18.0 Å². The van der Waals surface area contributed by atoms with Crippen molar-refractivity contribution in [1.29, 1.82) is 0 Å². The summed E-state index contributed by atoms with van der Waals surface area (Å²) in [6, 6.07) is 6.34. The number of aromatic amines is 1. The van der Waals surface area contributed by atoms with Gasteiger partial charge in [-0.2, -0.15) is 0 Å². The molecule has 0 aliphatic carbocycles. The van der Waals surface area contributed by atoms with Crippen molar-refractivity contribution in [3.8, 4) is 11.5 Å². The first kappa shape index (κ1) is 19.8. The molecule has 3 heterocycles. The van der Waals surface area contributed by atoms with Crippen LogP contribution in [0.4, 0.5) is 19.3 Å². The lowest BCUT2D eigenvalue weighted by Gasteiger charge is -2.12. The lowest BCUT2D eigenvalue weighted by atomic mass is 10.2. The zero-order valence-electron chi connectivity index (χ0n) is 15.2. The van der Waals surface area contributed by atoms with Gasteiger partial charge in [0.2, 0.25) is 0 Å². The summed E-state index contributed by atoms with van der Waals surface area (Å²) in [4.78, 5) is 22.9. The summed E-state index contributed by atoms with van der Waals surface area (Å²) in [6.07, 6.45) is 6.30. The van der Waals surface area contributed by atoms with Crippen LogP contribution in [0.1, 0.15) is 5.56 Å². The predicted octanol–water partition coefficient (Wildman–Crippen LogP) is 5.11. The van der Waals surface area contributed by atoms with Crippen LogP contribution in [0.3, 0.4) is 0 Å². The highest BCUT2D eigenvalue weighted by molar-refractivity contribution is 9.10. The van der Waals surface area contributed by atoms with E-state index in [1.54, 1.807) is 30.7 Å². The van der Waals surface area contributed by atoms with Crippen molar-refractivity contribution >= 4 is 38.7 Å². The Morgan fingerprint density at radius 3 is 2.60 bits per heavy atom. The Hall–Kier alpha value is -3.53. The third kappa shape index (κ3) is 4.23. The Kier molecular flexibility index (Phi) is 5.57. The summed E-state index contributed by atoms with van der Waals surface area (Å²) in [5.41, 5.74) is 1.29. The molecule has 1 aromatic carbocycles. The maximum absolute atomic E-state index is 14.5. The molecule has 0 saturated heterocycles. The zero-order chi connectivity index (χ0) is 21.1. The van der Waals surface area contributed by atoms with Gasteiger partial charge in [-0.1, -0.05) is 0 Å². The number of aromatic nitrogens is 3. The van der Waals surface area contributed by atoms with Crippen molar-refractivity contribution in [2.45, 2.75) is 6.54 Å². The Bertz CT molecular complexity index is 1190. The van der Waals surface area contributed by atoms with Gasteiger partial charge >= 0.3 is 6.03 Å². The molecule has 0 aliphatic heterocycles. The van der Waals surface area contributed by atoms with Crippen LogP contribution in [0.15, 0.2) is 59.6 Å². The molecule has 30 heavy (non-hydrogen) atoms. The normalized spacial score (nSPS) is 10.8. The van der Waals surface area contributed by atoms with Gasteiger partial charge in [0.05, 0.1) is 5.39 Å². The van der Waals surface area contributed by atoms with Gasteiger partial charge in [0, 0.05) is 53.6 Å². The molecule has 0 spiro atoms. The zero-order valence-corrected chi connectivity index (χ0v) is 16.8. The van der Waals surface area contributed by atoms with Gasteiger partial charge in [-0.05, 0) is 39.7 Å². The molecule has 0 atom stereocenters. The highest BCUT2D eigenvalue weighted by Crippen LogP contribution is 2.36. The number of urea groups is 1. The highest BCUT2D eigenvalue weighted by Gasteiger charge is 2.17. The SMILES string of the molecule is O=C(NCc1ccncc1)Nc1cc(F)c(Oc2ccnc3[nH]cc(Br)c23)c(F)c1. The van der Waals surface area contributed by atoms with Crippen molar-refractivity contribution in [1.82, 2.24) is 20.3 Å². The highest BCUT2D eigenvalue weighted by atomic mass is 79.9. The first-order valence-corrected chi connectivity index (χ1v) is 9.53. The summed E-state index contributed by atoms with van der Waals surface area (Å²) in [5, 5.41) is 5.54. The molecule has 3 aromatic heterocycles. The molecule has 0 fully saturated rings. The van der Waals surface area contributed by atoms with Crippen LogP contribution in [-0.2, 0) is 6.54 Å². The minimum atomic E-state index is -0.962. The fraction of sp³-hybridized carbons (Fsp3) is 0.0500. The number of nitrogens with zero attached hydrogens (tertiary/aromatic N) is 2. The predicted molar refractivity (Wildman–Crippen MR) is 110 cm³/mol. The Morgan fingerprint density at radius 2 is 1.87 bits per heavy atom. The molecule has 4 rings (SSSR count). The van der Waals surface area contributed by atoms with E-state index in [9.17, 15) is 13.6 Å². The van der Waals surface area contributed by atoms with E-state index in [0.717, 1.165) is 17.7 Å². The van der Waals surface area contributed by atoms with Gasteiger partial charge in [0.25, 0.3) is 0 Å². The second kappa shape index (κ2) is 8.46. The number of hydrogen-bond acceptors (Lipinski definition) is 4. The Labute approximate surface area is 177 Å². The number of nitrogens with one attached hydrogen (secondary N) is 3. The van der Waals surface area contributed by atoms with E-state index in [1.807, 2.05) is 0 Å². The molecule has 0 saturated carbocycles. The molecule has 3 N–H and O–H groups in total. The Balaban J connectivity index is 1.49. The van der Waals surface area contributed by atoms with Crippen LogP contribution in [0, 0.1) is 11.6 Å². The minimum absolute atomic E-state index is 0.0488. The fourth-order valence-corrected chi connectivity index (χ4v) is 3.27. The van der Waals surface area contributed by atoms with Crippen LogP contribution in [-0.4, -0.2) is 21.0 Å². The van der Waals surface area contributed by atoms with E-state index >= 15 is 0 Å². The quantitative estimate of drug-likeness (QED) is 0.375. The standard InChI is InChI=1S/C20H14BrF2N5O2/c21-13-10-26-19-17(13)16(3-6-25-19)30-18-14(22)7-12(8-15(18)23)28-20(29)27-9-11-1-4-24-5-2-11/h1-8,10H,9H2,(H,25,26)(H2,27,28,29). The lowest BCUT2D eigenvalue weighted by molar-refractivity contribution is 0.251. The first-order valence-electron chi connectivity index (χ1n) is 8.73. The van der Waals surface area contributed by atoms with Gasteiger partial charge in [-0.25, -0.2) is 18.6 Å². The van der Waals surface area contributed by atoms with E-state index in [4.69, 9.17) is 4.74 Å². The molecular weight excluding hydrogens is 460 g/mol. The maximum atomic E-state index is 14.5. The van der Waals surface area contributed by atoms with Gasteiger partial charge in [0.15, 0.2) is 17.4 Å². The summed E-state index contributed by atoms with van der Waals surface area (Å²) in [7, 11) is 0. The largest absolute Gasteiger partial charge is 0.450 e. The molecule has 2 amide bonds. The first-order chi connectivity index (χ1) is 14.5. The molecule has 0 bridgehead atoms. The third-order valence-electron chi connectivity index (χ3n) is 4.16. The number of anilines is 1. The smallest absolute Gasteiger partial charge is 0.319 e.